The van der Waals surface area contributed by atoms with Gasteiger partial charge in [0.1, 0.15) is 6.54 Å². The van der Waals surface area contributed by atoms with Crippen molar-refractivity contribution < 1.29 is 4.79 Å². The molecule has 1 aliphatic carbocycles. The number of rotatable bonds is 6. The number of nitrogens with one attached hydrogen (secondary N) is 1. The molecule has 0 spiro atoms. The normalized spacial score (nSPS) is 14.2. The number of nitrogens with two attached hydrogens (primary N) is 1. The Morgan fingerprint density at radius 3 is 2.75 bits per heavy atom. The van der Waals surface area contributed by atoms with Gasteiger partial charge in [0.2, 0.25) is 5.91 Å². The second-order valence-corrected chi connectivity index (χ2v) is 5.26. The minimum atomic E-state index is -0.393. The molecule has 0 atom stereocenters. The zero-order chi connectivity index (χ0) is 13.9. The van der Waals surface area contributed by atoms with Crippen LogP contribution in [0.1, 0.15) is 29.9 Å². The Morgan fingerprint density at radius 2 is 2.10 bits per heavy atom. The van der Waals surface area contributed by atoms with E-state index < -0.39 is 5.91 Å². The highest BCUT2D eigenvalue weighted by atomic mass is 16.1. The van der Waals surface area contributed by atoms with E-state index in [-0.39, 0.29) is 6.54 Å². The first kappa shape index (κ1) is 12.7. The van der Waals surface area contributed by atoms with Gasteiger partial charge in [-0.2, -0.15) is 5.10 Å². The zero-order valence-corrected chi connectivity index (χ0v) is 11.2. The maximum Gasteiger partial charge on any atom is 0.239 e. The number of benzene rings is 1. The summed E-state index contributed by atoms with van der Waals surface area (Å²) in [5, 5.41) is 7.35. The van der Waals surface area contributed by atoms with Crippen molar-refractivity contribution in [2.24, 2.45) is 5.73 Å². The average Bonchev–Trinajstić information content (AvgIpc) is 3.19. The van der Waals surface area contributed by atoms with Gasteiger partial charge >= 0.3 is 0 Å². The molecule has 20 heavy (non-hydrogen) atoms. The number of aromatic nitrogens is 2. The molecule has 5 heteroatoms. The van der Waals surface area contributed by atoms with Crippen molar-refractivity contribution in [3.05, 3.63) is 47.8 Å². The summed E-state index contributed by atoms with van der Waals surface area (Å²) in [4.78, 5) is 10.8. The second kappa shape index (κ2) is 5.36. The molecule has 0 bridgehead atoms. The van der Waals surface area contributed by atoms with E-state index in [4.69, 9.17) is 5.73 Å². The summed E-state index contributed by atoms with van der Waals surface area (Å²) in [5.41, 5.74) is 8.69. The zero-order valence-electron chi connectivity index (χ0n) is 11.2. The Hall–Kier alpha value is -2.30. The van der Waals surface area contributed by atoms with Crippen LogP contribution in [0.2, 0.25) is 0 Å². The van der Waals surface area contributed by atoms with E-state index in [2.05, 4.69) is 34.7 Å². The molecule has 3 rings (SSSR count). The summed E-state index contributed by atoms with van der Waals surface area (Å²) in [6.07, 6.45) is 6.14. The Labute approximate surface area is 117 Å². The molecule has 2 aromatic rings. The monoisotopic (exact) mass is 270 g/mol. The Bertz CT molecular complexity index is 599. The minimum absolute atomic E-state index is 0.109. The number of carbonyl (C=O) groups is 1. The molecule has 1 saturated carbocycles. The van der Waals surface area contributed by atoms with Gasteiger partial charge in [-0.15, -0.1) is 0 Å². The van der Waals surface area contributed by atoms with Gasteiger partial charge in [0.25, 0.3) is 0 Å². The number of carbonyl (C=O) groups excluding carboxylic acids is 1. The highest BCUT2D eigenvalue weighted by Gasteiger charge is 2.22. The predicted molar refractivity (Wildman–Crippen MR) is 77.2 cm³/mol. The molecule has 0 unspecified atom stereocenters. The largest absolute Gasteiger partial charge is 0.378 e. The number of primary amides is 1. The highest BCUT2D eigenvalue weighted by Crippen LogP contribution is 2.39. The van der Waals surface area contributed by atoms with Crippen molar-refractivity contribution in [3.63, 3.8) is 0 Å². The van der Waals surface area contributed by atoms with Gasteiger partial charge in [-0.05, 0) is 29.9 Å². The number of nitrogens with zero attached hydrogens (tertiary/aromatic N) is 2. The first-order valence-corrected chi connectivity index (χ1v) is 6.84. The molecule has 1 aromatic heterocycles. The standard InChI is InChI=1S/C15H18N4O/c16-15(20)10-19-9-14(8-18-19)17-7-11-1-3-12(4-2-11)13-5-6-13/h1-4,8-9,13,17H,5-7,10H2,(H2,16,20). The fourth-order valence-electron chi connectivity index (χ4n) is 2.23. The fraction of sp³-hybridized carbons (Fsp3) is 0.333. The van der Waals surface area contributed by atoms with Crippen LogP contribution in [-0.2, 0) is 17.9 Å². The lowest BCUT2D eigenvalue weighted by atomic mass is 10.1. The predicted octanol–water partition coefficient (Wildman–Crippen LogP) is 1.86. The maximum atomic E-state index is 10.8. The molecule has 1 heterocycles. The summed E-state index contributed by atoms with van der Waals surface area (Å²) in [6, 6.07) is 8.75. The average molecular weight is 270 g/mol. The van der Waals surface area contributed by atoms with E-state index in [1.807, 2.05) is 0 Å². The molecule has 3 N–H and O–H groups in total. The molecule has 1 amide bonds. The summed E-state index contributed by atoms with van der Waals surface area (Å²) in [5.74, 6) is 0.402. The topological polar surface area (TPSA) is 72.9 Å². The van der Waals surface area contributed by atoms with Crippen LogP contribution in [0.4, 0.5) is 5.69 Å². The van der Waals surface area contributed by atoms with Crippen molar-refractivity contribution in [3.8, 4) is 0 Å². The molecule has 1 aromatic carbocycles. The Kier molecular flexibility index (Phi) is 3.41. The third kappa shape index (κ3) is 3.17. The van der Waals surface area contributed by atoms with Crippen LogP contribution in [0.25, 0.3) is 0 Å². The number of hydrogen-bond donors (Lipinski definition) is 2. The number of amides is 1. The lowest BCUT2D eigenvalue weighted by Crippen LogP contribution is -2.18. The summed E-state index contributed by atoms with van der Waals surface area (Å²) in [6.45, 7) is 0.852. The van der Waals surface area contributed by atoms with Crippen molar-refractivity contribution in [1.82, 2.24) is 9.78 Å². The van der Waals surface area contributed by atoms with E-state index in [1.54, 1.807) is 12.4 Å². The first-order chi connectivity index (χ1) is 9.70. The van der Waals surface area contributed by atoms with E-state index in [0.717, 1.165) is 18.2 Å². The van der Waals surface area contributed by atoms with Gasteiger partial charge < -0.3 is 11.1 Å². The van der Waals surface area contributed by atoms with Gasteiger partial charge in [0.15, 0.2) is 0 Å². The van der Waals surface area contributed by atoms with Crippen LogP contribution in [0.3, 0.4) is 0 Å². The Morgan fingerprint density at radius 1 is 1.35 bits per heavy atom. The SMILES string of the molecule is NC(=O)Cn1cc(NCc2ccc(C3CC3)cc2)cn1. The number of anilines is 1. The third-order valence-corrected chi connectivity index (χ3v) is 3.48. The van der Waals surface area contributed by atoms with Gasteiger partial charge in [-0.25, -0.2) is 0 Å². The van der Waals surface area contributed by atoms with Crippen LogP contribution in [-0.4, -0.2) is 15.7 Å². The van der Waals surface area contributed by atoms with Crippen molar-refractivity contribution in [1.29, 1.82) is 0 Å². The lowest BCUT2D eigenvalue weighted by Gasteiger charge is -2.05. The molecule has 104 valence electrons. The molecular formula is C15H18N4O. The van der Waals surface area contributed by atoms with Gasteiger partial charge in [-0.3, -0.25) is 9.48 Å². The molecule has 0 radical (unpaired) electrons. The number of hydrogen-bond acceptors (Lipinski definition) is 3. The second-order valence-electron chi connectivity index (χ2n) is 5.26. The van der Waals surface area contributed by atoms with Crippen molar-refractivity contribution in [2.75, 3.05) is 5.32 Å². The smallest absolute Gasteiger partial charge is 0.239 e. The highest BCUT2D eigenvalue weighted by molar-refractivity contribution is 5.73. The molecule has 1 fully saturated rings. The van der Waals surface area contributed by atoms with Gasteiger partial charge in [0, 0.05) is 12.7 Å². The molecule has 5 nitrogen and oxygen atoms in total. The van der Waals surface area contributed by atoms with Crippen LogP contribution in [0, 0.1) is 0 Å². The van der Waals surface area contributed by atoms with Crippen LogP contribution in [0.5, 0.6) is 0 Å². The van der Waals surface area contributed by atoms with Gasteiger partial charge in [-0.1, -0.05) is 24.3 Å². The van der Waals surface area contributed by atoms with E-state index in [9.17, 15) is 4.79 Å². The maximum absolute atomic E-state index is 10.8. The van der Waals surface area contributed by atoms with E-state index >= 15 is 0 Å². The van der Waals surface area contributed by atoms with E-state index in [0.29, 0.717) is 0 Å². The summed E-state index contributed by atoms with van der Waals surface area (Å²) in [7, 11) is 0. The van der Waals surface area contributed by atoms with Crippen molar-refractivity contribution in [2.45, 2.75) is 31.8 Å². The first-order valence-electron chi connectivity index (χ1n) is 6.84. The third-order valence-electron chi connectivity index (χ3n) is 3.48. The fourth-order valence-corrected chi connectivity index (χ4v) is 2.23. The lowest BCUT2D eigenvalue weighted by molar-refractivity contribution is -0.118. The quantitative estimate of drug-likeness (QED) is 0.841. The molecule has 0 saturated heterocycles. The Balaban J connectivity index is 1.55. The van der Waals surface area contributed by atoms with E-state index in [1.165, 1.54) is 28.7 Å². The van der Waals surface area contributed by atoms with Gasteiger partial charge in [0.05, 0.1) is 11.9 Å². The van der Waals surface area contributed by atoms with Crippen LogP contribution < -0.4 is 11.1 Å². The summed E-state index contributed by atoms with van der Waals surface area (Å²) >= 11 is 0. The molecular weight excluding hydrogens is 252 g/mol. The molecule has 0 aliphatic heterocycles. The molecule has 1 aliphatic rings. The van der Waals surface area contributed by atoms with Crippen LogP contribution in [0.15, 0.2) is 36.7 Å². The minimum Gasteiger partial charge on any atom is -0.378 e. The summed E-state index contributed by atoms with van der Waals surface area (Å²) < 4.78 is 1.53. The van der Waals surface area contributed by atoms with Crippen LogP contribution >= 0.6 is 0 Å². The van der Waals surface area contributed by atoms with Crippen molar-refractivity contribution >= 4 is 11.6 Å².